The second-order valence-corrected chi connectivity index (χ2v) is 7.23. The number of benzene rings is 2. The highest BCUT2D eigenvalue weighted by Crippen LogP contribution is 2.22. The van der Waals surface area contributed by atoms with Crippen LogP contribution in [0.15, 0.2) is 47.4 Å². The first-order valence-electron chi connectivity index (χ1n) is 5.75. The first-order valence-corrected chi connectivity index (χ1v) is 8.31. The van der Waals surface area contributed by atoms with Crippen LogP contribution in [-0.4, -0.2) is 8.42 Å². The number of nitrogens with one attached hydrogen (secondary N) is 1. The van der Waals surface area contributed by atoms with Crippen LogP contribution in [0.3, 0.4) is 0 Å². The van der Waals surface area contributed by atoms with Crippen molar-refractivity contribution in [1.29, 1.82) is 0 Å². The summed E-state index contributed by atoms with van der Waals surface area (Å²) in [5.74, 6) is 0. The monoisotopic (exact) mass is 387 g/mol. The summed E-state index contributed by atoms with van der Waals surface area (Å²) in [6, 6.07) is 12.5. The maximum absolute atomic E-state index is 12.3. The van der Waals surface area contributed by atoms with E-state index in [-0.39, 0.29) is 0 Å². The first kappa shape index (κ1) is 14.3. The number of halogens is 1. The van der Waals surface area contributed by atoms with Gasteiger partial charge in [-0.2, -0.15) is 0 Å². The normalized spacial score (nSPS) is 11.3. The van der Waals surface area contributed by atoms with Crippen molar-refractivity contribution in [2.45, 2.75) is 18.7 Å². The molecule has 0 radical (unpaired) electrons. The Kier molecular flexibility index (Phi) is 4.15. The minimum atomic E-state index is -3.53. The molecule has 0 aliphatic rings. The van der Waals surface area contributed by atoms with Crippen LogP contribution in [0.1, 0.15) is 11.1 Å². The Hall–Kier alpha value is -1.08. The summed E-state index contributed by atoms with van der Waals surface area (Å²) in [5.41, 5.74) is 2.26. The van der Waals surface area contributed by atoms with Gasteiger partial charge in [0.05, 0.1) is 10.6 Å². The Morgan fingerprint density at radius 1 is 1.00 bits per heavy atom. The molecule has 5 heteroatoms. The van der Waals surface area contributed by atoms with Gasteiger partial charge in [0, 0.05) is 3.57 Å². The average molecular weight is 387 g/mol. The van der Waals surface area contributed by atoms with Crippen molar-refractivity contribution in [1.82, 2.24) is 0 Å². The van der Waals surface area contributed by atoms with E-state index in [9.17, 15) is 8.42 Å². The van der Waals surface area contributed by atoms with Gasteiger partial charge in [-0.05, 0) is 71.8 Å². The Bertz CT molecular complexity index is 711. The molecule has 0 saturated heterocycles. The van der Waals surface area contributed by atoms with Crippen molar-refractivity contribution in [2.75, 3.05) is 4.72 Å². The number of aryl methyl sites for hydroxylation is 2. The summed E-state index contributed by atoms with van der Waals surface area (Å²) in [6.45, 7) is 3.67. The van der Waals surface area contributed by atoms with Crippen LogP contribution in [-0.2, 0) is 10.0 Å². The van der Waals surface area contributed by atoms with E-state index in [0.717, 1.165) is 14.7 Å². The molecule has 3 nitrogen and oxygen atoms in total. The van der Waals surface area contributed by atoms with E-state index >= 15 is 0 Å². The molecule has 0 aliphatic heterocycles. The number of hydrogen-bond acceptors (Lipinski definition) is 2. The fourth-order valence-corrected chi connectivity index (χ4v) is 3.82. The van der Waals surface area contributed by atoms with Gasteiger partial charge in [-0.3, -0.25) is 4.72 Å². The molecule has 0 unspecified atom stereocenters. The molecule has 2 aromatic carbocycles. The molecule has 0 heterocycles. The van der Waals surface area contributed by atoms with Crippen LogP contribution in [0.4, 0.5) is 5.69 Å². The highest BCUT2D eigenvalue weighted by Gasteiger charge is 2.17. The Balaban J connectivity index is 2.40. The Morgan fingerprint density at radius 3 is 2.32 bits per heavy atom. The largest absolute Gasteiger partial charge is 0.279 e. The quantitative estimate of drug-likeness (QED) is 0.817. The molecule has 2 rings (SSSR count). The number of sulfonamides is 1. The van der Waals surface area contributed by atoms with Gasteiger partial charge in [0.2, 0.25) is 0 Å². The fourth-order valence-electron chi connectivity index (χ4n) is 1.80. The minimum absolute atomic E-state index is 0.313. The van der Waals surface area contributed by atoms with Crippen LogP contribution in [0.5, 0.6) is 0 Å². The lowest BCUT2D eigenvalue weighted by Crippen LogP contribution is -2.14. The second kappa shape index (κ2) is 5.50. The molecule has 0 amide bonds. The third kappa shape index (κ3) is 3.27. The predicted molar refractivity (Wildman–Crippen MR) is 85.9 cm³/mol. The van der Waals surface area contributed by atoms with Crippen molar-refractivity contribution in [2.24, 2.45) is 0 Å². The number of hydrogen-bond donors (Lipinski definition) is 1. The lowest BCUT2D eigenvalue weighted by Gasteiger charge is -2.12. The maximum Gasteiger partial charge on any atom is 0.262 e. The first-order chi connectivity index (χ1) is 8.90. The molecule has 2 aromatic rings. The van der Waals surface area contributed by atoms with Crippen LogP contribution in [0.2, 0.25) is 0 Å². The molecule has 19 heavy (non-hydrogen) atoms. The van der Waals surface area contributed by atoms with Crippen LogP contribution in [0.25, 0.3) is 0 Å². The van der Waals surface area contributed by atoms with Gasteiger partial charge < -0.3 is 0 Å². The molecule has 1 N–H and O–H groups in total. The smallest absolute Gasteiger partial charge is 0.262 e. The van der Waals surface area contributed by atoms with Crippen LogP contribution < -0.4 is 4.72 Å². The molecule has 0 saturated carbocycles. The van der Waals surface area contributed by atoms with Crippen LogP contribution >= 0.6 is 22.6 Å². The van der Waals surface area contributed by atoms with Gasteiger partial charge in [0.25, 0.3) is 10.0 Å². The molecule has 0 fully saturated rings. The van der Waals surface area contributed by atoms with E-state index in [1.54, 1.807) is 31.2 Å². The fraction of sp³-hybridized carbons (Fsp3) is 0.143. The van der Waals surface area contributed by atoms with Gasteiger partial charge in [-0.1, -0.05) is 18.2 Å². The number of rotatable bonds is 3. The Labute approximate surface area is 127 Å². The zero-order valence-electron chi connectivity index (χ0n) is 10.6. The summed E-state index contributed by atoms with van der Waals surface area (Å²) < 4.78 is 28.4. The lowest BCUT2D eigenvalue weighted by molar-refractivity contribution is 0.600. The zero-order chi connectivity index (χ0) is 14.0. The summed E-state index contributed by atoms with van der Waals surface area (Å²) >= 11 is 2.20. The molecule has 0 aromatic heterocycles. The highest BCUT2D eigenvalue weighted by atomic mass is 127. The molecular formula is C14H14INO2S. The van der Waals surface area contributed by atoms with E-state index in [1.165, 1.54) is 0 Å². The van der Waals surface area contributed by atoms with Gasteiger partial charge in [0.15, 0.2) is 0 Å². The maximum atomic E-state index is 12.3. The van der Waals surface area contributed by atoms with E-state index < -0.39 is 10.0 Å². The van der Waals surface area contributed by atoms with E-state index in [0.29, 0.717) is 10.6 Å². The summed E-state index contributed by atoms with van der Waals surface area (Å²) in [4.78, 5) is 0.313. The van der Waals surface area contributed by atoms with Gasteiger partial charge in [-0.15, -0.1) is 0 Å². The molecular weight excluding hydrogens is 373 g/mol. The SMILES string of the molecule is Cc1cc(I)ccc1NS(=O)(=O)c1ccccc1C. The lowest BCUT2D eigenvalue weighted by atomic mass is 10.2. The third-order valence-corrected chi connectivity index (χ3v) is 5.01. The molecule has 0 spiro atoms. The van der Waals surface area contributed by atoms with Crippen molar-refractivity contribution in [3.8, 4) is 0 Å². The van der Waals surface area contributed by atoms with Crippen molar-refractivity contribution in [3.63, 3.8) is 0 Å². The highest BCUT2D eigenvalue weighted by molar-refractivity contribution is 14.1. The molecule has 100 valence electrons. The van der Waals surface area contributed by atoms with Gasteiger partial charge in [-0.25, -0.2) is 8.42 Å². The summed E-state index contributed by atoms with van der Waals surface area (Å²) in [7, 11) is -3.53. The standard InChI is InChI=1S/C14H14INO2S/c1-10-5-3-4-6-14(10)19(17,18)16-13-8-7-12(15)9-11(13)2/h3-9,16H,1-2H3. The van der Waals surface area contributed by atoms with Gasteiger partial charge >= 0.3 is 0 Å². The van der Waals surface area contributed by atoms with Crippen LogP contribution in [0, 0.1) is 17.4 Å². The zero-order valence-corrected chi connectivity index (χ0v) is 13.6. The molecule has 0 atom stereocenters. The third-order valence-electron chi connectivity index (χ3n) is 2.82. The average Bonchev–Trinajstić information content (AvgIpc) is 2.33. The van der Waals surface area contributed by atoms with Gasteiger partial charge in [0.1, 0.15) is 0 Å². The van der Waals surface area contributed by atoms with Crippen molar-refractivity contribution < 1.29 is 8.42 Å². The van der Waals surface area contributed by atoms with E-state index in [1.807, 2.05) is 25.1 Å². The number of anilines is 1. The van der Waals surface area contributed by atoms with Crippen molar-refractivity contribution in [3.05, 3.63) is 57.2 Å². The Morgan fingerprint density at radius 2 is 1.68 bits per heavy atom. The predicted octanol–water partition coefficient (Wildman–Crippen LogP) is 3.71. The second-order valence-electron chi connectivity index (χ2n) is 4.33. The van der Waals surface area contributed by atoms with E-state index in [2.05, 4.69) is 27.3 Å². The van der Waals surface area contributed by atoms with E-state index in [4.69, 9.17) is 0 Å². The molecule has 0 aliphatic carbocycles. The summed E-state index contributed by atoms with van der Waals surface area (Å²) in [5, 5.41) is 0. The minimum Gasteiger partial charge on any atom is -0.279 e. The topological polar surface area (TPSA) is 46.2 Å². The summed E-state index contributed by atoms with van der Waals surface area (Å²) in [6.07, 6.45) is 0. The molecule has 0 bridgehead atoms. The van der Waals surface area contributed by atoms with Crippen molar-refractivity contribution >= 4 is 38.3 Å².